The van der Waals surface area contributed by atoms with Crippen LogP contribution in [-0.2, 0) is 19.9 Å². The summed E-state index contributed by atoms with van der Waals surface area (Å²) in [7, 11) is 1.95. The number of aromatic nitrogens is 2. The molecular weight excluding hydrogens is 270 g/mol. The van der Waals surface area contributed by atoms with Gasteiger partial charge in [0.1, 0.15) is 0 Å². The van der Waals surface area contributed by atoms with Crippen molar-refractivity contribution < 1.29 is 0 Å². The lowest BCUT2D eigenvalue weighted by molar-refractivity contribution is 0.504. The van der Waals surface area contributed by atoms with E-state index in [0.29, 0.717) is 6.04 Å². The molecule has 0 aliphatic heterocycles. The highest BCUT2D eigenvalue weighted by molar-refractivity contribution is 6.31. The first-order valence-corrected chi connectivity index (χ1v) is 7.51. The molecular formula is C16H22ClN3. The molecule has 0 fully saturated rings. The molecule has 0 saturated heterocycles. The number of hydrogen-bond donors (Lipinski definition) is 1. The third-order valence-electron chi connectivity index (χ3n) is 3.35. The molecule has 0 saturated carbocycles. The topological polar surface area (TPSA) is 29.9 Å². The Morgan fingerprint density at radius 2 is 2.10 bits per heavy atom. The van der Waals surface area contributed by atoms with E-state index >= 15 is 0 Å². The van der Waals surface area contributed by atoms with Gasteiger partial charge in [-0.1, -0.05) is 36.7 Å². The number of rotatable bonds is 7. The fourth-order valence-corrected chi connectivity index (χ4v) is 2.57. The minimum Gasteiger partial charge on any atom is -0.313 e. The smallest absolute Gasteiger partial charge is 0.0522 e. The number of nitrogens with zero attached hydrogens (tertiary/aromatic N) is 2. The first-order chi connectivity index (χ1) is 9.69. The van der Waals surface area contributed by atoms with Crippen molar-refractivity contribution in [2.75, 3.05) is 6.54 Å². The predicted octanol–water partition coefficient (Wildman–Crippen LogP) is 3.23. The molecule has 0 bridgehead atoms. The van der Waals surface area contributed by atoms with Crippen LogP contribution in [0.1, 0.15) is 24.5 Å². The second-order valence-electron chi connectivity index (χ2n) is 5.17. The largest absolute Gasteiger partial charge is 0.313 e. The summed E-state index contributed by atoms with van der Waals surface area (Å²) in [4.78, 5) is 0. The SMILES string of the molecule is CCCNC(Cc1cnn(C)c1)Cc1ccccc1Cl. The number of benzene rings is 1. The predicted molar refractivity (Wildman–Crippen MR) is 84.1 cm³/mol. The fourth-order valence-electron chi connectivity index (χ4n) is 2.36. The highest BCUT2D eigenvalue weighted by Gasteiger charge is 2.12. The summed E-state index contributed by atoms with van der Waals surface area (Å²) in [6, 6.07) is 8.47. The van der Waals surface area contributed by atoms with Crippen LogP contribution < -0.4 is 5.32 Å². The van der Waals surface area contributed by atoms with E-state index < -0.39 is 0 Å². The third-order valence-corrected chi connectivity index (χ3v) is 3.72. The van der Waals surface area contributed by atoms with Crippen LogP contribution >= 0.6 is 11.6 Å². The summed E-state index contributed by atoms with van der Waals surface area (Å²) in [6.45, 7) is 3.21. The van der Waals surface area contributed by atoms with E-state index in [4.69, 9.17) is 11.6 Å². The standard InChI is InChI=1S/C16H22ClN3/c1-3-8-18-15(9-13-11-19-20(2)12-13)10-14-6-4-5-7-16(14)17/h4-7,11-12,15,18H,3,8-10H2,1-2H3. The molecule has 3 nitrogen and oxygen atoms in total. The number of hydrogen-bond acceptors (Lipinski definition) is 2. The van der Waals surface area contributed by atoms with Crippen LogP contribution in [0.2, 0.25) is 5.02 Å². The fraction of sp³-hybridized carbons (Fsp3) is 0.438. The summed E-state index contributed by atoms with van der Waals surface area (Å²) < 4.78 is 1.85. The molecule has 1 unspecified atom stereocenters. The van der Waals surface area contributed by atoms with Crippen LogP contribution in [0.4, 0.5) is 0 Å². The Bertz CT molecular complexity index is 536. The van der Waals surface area contributed by atoms with Gasteiger partial charge in [0, 0.05) is 24.3 Å². The molecule has 108 valence electrons. The van der Waals surface area contributed by atoms with Crippen molar-refractivity contribution in [2.45, 2.75) is 32.2 Å². The van der Waals surface area contributed by atoms with Crippen molar-refractivity contribution in [3.8, 4) is 0 Å². The van der Waals surface area contributed by atoms with Gasteiger partial charge in [0.15, 0.2) is 0 Å². The van der Waals surface area contributed by atoms with Gasteiger partial charge in [0.2, 0.25) is 0 Å². The van der Waals surface area contributed by atoms with Crippen LogP contribution in [0, 0.1) is 0 Å². The molecule has 1 atom stereocenters. The maximum absolute atomic E-state index is 6.27. The zero-order chi connectivity index (χ0) is 14.4. The maximum atomic E-state index is 6.27. The first-order valence-electron chi connectivity index (χ1n) is 7.13. The third kappa shape index (κ3) is 4.36. The molecule has 4 heteroatoms. The van der Waals surface area contributed by atoms with Crippen molar-refractivity contribution in [3.05, 3.63) is 52.8 Å². The average molecular weight is 292 g/mol. The molecule has 1 aromatic carbocycles. The molecule has 2 rings (SSSR count). The Labute approximate surface area is 126 Å². The molecule has 1 aromatic heterocycles. The lowest BCUT2D eigenvalue weighted by Gasteiger charge is -2.18. The van der Waals surface area contributed by atoms with E-state index in [9.17, 15) is 0 Å². The second-order valence-corrected chi connectivity index (χ2v) is 5.58. The quantitative estimate of drug-likeness (QED) is 0.849. The van der Waals surface area contributed by atoms with Gasteiger partial charge in [-0.05, 0) is 43.0 Å². The summed E-state index contributed by atoms with van der Waals surface area (Å²) in [5, 5.41) is 8.69. The van der Waals surface area contributed by atoms with Crippen molar-refractivity contribution in [1.82, 2.24) is 15.1 Å². The molecule has 0 aliphatic carbocycles. The summed E-state index contributed by atoms with van der Waals surface area (Å²) in [5.41, 5.74) is 2.46. The molecule has 1 heterocycles. The number of aryl methyl sites for hydroxylation is 1. The normalized spacial score (nSPS) is 12.6. The van der Waals surface area contributed by atoms with Gasteiger partial charge in [-0.25, -0.2) is 0 Å². The Balaban J connectivity index is 2.05. The molecule has 0 amide bonds. The zero-order valence-corrected chi connectivity index (χ0v) is 12.9. The molecule has 1 N–H and O–H groups in total. The summed E-state index contributed by atoms with van der Waals surface area (Å²) in [6.07, 6.45) is 7.06. The van der Waals surface area contributed by atoms with Crippen molar-refractivity contribution in [2.24, 2.45) is 7.05 Å². The Morgan fingerprint density at radius 1 is 1.30 bits per heavy atom. The van der Waals surface area contributed by atoms with E-state index in [1.807, 2.05) is 36.1 Å². The summed E-state index contributed by atoms with van der Waals surface area (Å²) in [5.74, 6) is 0. The van der Waals surface area contributed by atoms with Gasteiger partial charge in [-0.3, -0.25) is 4.68 Å². The van der Waals surface area contributed by atoms with Crippen LogP contribution in [0.3, 0.4) is 0 Å². The van der Waals surface area contributed by atoms with Crippen molar-refractivity contribution in [3.63, 3.8) is 0 Å². The minimum atomic E-state index is 0.388. The highest BCUT2D eigenvalue weighted by atomic mass is 35.5. The van der Waals surface area contributed by atoms with Gasteiger partial charge in [0.05, 0.1) is 6.20 Å². The van der Waals surface area contributed by atoms with E-state index in [0.717, 1.165) is 30.8 Å². The van der Waals surface area contributed by atoms with Crippen LogP contribution in [-0.4, -0.2) is 22.4 Å². The van der Waals surface area contributed by atoms with Gasteiger partial charge in [-0.15, -0.1) is 0 Å². The van der Waals surface area contributed by atoms with E-state index in [1.165, 1.54) is 11.1 Å². The molecule has 20 heavy (non-hydrogen) atoms. The van der Waals surface area contributed by atoms with E-state index in [2.05, 4.69) is 29.6 Å². The average Bonchev–Trinajstić information content (AvgIpc) is 2.84. The minimum absolute atomic E-state index is 0.388. The Hall–Kier alpha value is -1.32. The maximum Gasteiger partial charge on any atom is 0.0522 e. The van der Waals surface area contributed by atoms with Crippen LogP contribution in [0.15, 0.2) is 36.7 Å². The zero-order valence-electron chi connectivity index (χ0n) is 12.1. The highest BCUT2D eigenvalue weighted by Crippen LogP contribution is 2.18. The van der Waals surface area contributed by atoms with E-state index in [1.54, 1.807) is 0 Å². The van der Waals surface area contributed by atoms with Crippen LogP contribution in [0.5, 0.6) is 0 Å². The van der Waals surface area contributed by atoms with Gasteiger partial charge >= 0.3 is 0 Å². The summed E-state index contributed by atoms with van der Waals surface area (Å²) >= 11 is 6.27. The first kappa shape index (κ1) is 15.1. The molecule has 0 aliphatic rings. The van der Waals surface area contributed by atoms with Crippen molar-refractivity contribution >= 4 is 11.6 Å². The molecule has 0 spiro atoms. The number of nitrogens with one attached hydrogen (secondary N) is 1. The Kier molecular flexibility index (Phi) is 5.62. The lowest BCUT2D eigenvalue weighted by atomic mass is 10.0. The second kappa shape index (κ2) is 7.46. The number of halogens is 1. The van der Waals surface area contributed by atoms with Crippen LogP contribution in [0.25, 0.3) is 0 Å². The lowest BCUT2D eigenvalue weighted by Crippen LogP contribution is -2.33. The van der Waals surface area contributed by atoms with Gasteiger partial charge in [-0.2, -0.15) is 5.10 Å². The molecule has 2 aromatic rings. The van der Waals surface area contributed by atoms with Crippen molar-refractivity contribution in [1.29, 1.82) is 0 Å². The Morgan fingerprint density at radius 3 is 2.75 bits per heavy atom. The van der Waals surface area contributed by atoms with E-state index in [-0.39, 0.29) is 0 Å². The monoisotopic (exact) mass is 291 g/mol. The molecule has 0 radical (unpaired) electrons. The van der Waals surface area contributed by atoms with Gasteiger partial charge < -0.3 is 5.32 Å². The van der Waals surface area contributed by atoms with Gasteiger partial charge in [0.25, 0.3) is 0 Å².